The van der Waals surface area contributed by atoms with Crippen LogP contribution in [0.15, 0.2) is 74.2 Å². The maximum Gasteiger partial charge on any atom is 0.363 e. The fraction of sp³-hybridized carbons (Fsp3) is 0.0833. The van der Waals surface area contributed by atoms with Gasteiger partial charge in [0.1, 0.15) is 6.61 Å². The molecule has 1 heterocycles. The molecule has 5 nitrogen and oxygen atoms in total. The van der Waals surface area contributed by atoms with Crippen LogP contribution in [0.4, 0.5) is 0 Å². The van der Waals surface area contributed by atoms with E-state index in [-0.39, 0.29) is 11.6 Å². The Labute approximate surface area is 217 Å². The van der Waals surface area contributed by atoms with Crippen LogP contribution in [0.1, 0.15) is 16.7 Å². The molecule has 0 amide bonds. The number of cyclic esters (lactones) is 1. The molecule has 0 N–H and O–H groups in total. The Balaban J connectivity index is 1.60. The van der Waals surface area contributed by atoms with Crippen LogP contribution in [0, 0.1) is 0 Å². The first-order valence-corrected chi connectivity index (χ1v) is 11.9. The Morgan fingerprint density at radius 1 is 1.03 bits per heavy atom. The number of hydrogen-bond acceptors (Lipinski definition) is 5. The third-order valence-electron chi connectivity index (χ3n) is 4.67. The third-order valence-corrected chi connectivity index (χ3v) is 6.77. The van der Waals surface area contributed by atoms with E-state index < -0.39 is 5.97 Å². The van der Waals surface area contributed by atoms with E-state index in [0.717, 1.165) is 10.0 Å². The number of carbonyl (C=O) groups excluding carboxylic acids is 1. The van der Waals surface area contributed by atoms with Gasteiger partial charge in [-0.2, -0.15) is 0 Å². The van der Waals surface area contributed by atoms with Crippen LogP contribution in [0.2, 0.25) is 10.0 Å². The molecule has 0 unspecified atom stereocenters. The quantitative estimate of drug-likeness (QED) is 0.215. The van der Waals surface area contributed by atoms with Crippen LogP contribution in [0.25, 0.3) is 6.08 Å². The lowest BCUT2D eigenvalue weighted by Gasteiger charge is -2.14. The first-order valence-electron chi connectivity index (χ1n) is 9.57. The monoisotopic (exact) mass is 609 g/mol. The second kappa shape index (κ2) is 10.3. The second-order valence-electron chi connectivity index (χ2n) is 6.88. The Morgan fingerprint density at radius 2 is 1.82 bits per heavy atom. The van der Waals surface area contributed by atoms with E-state index in [9.17, 15) is 4.79 Å². The van der Waals surface area contributed by atoms with Gasteiger partial charge in [-0.25, -0.2) is 9.79 Å². The smallest absolute Gasteiger partial charge is 0.363 e. The van der Waals surface area contributed by atoms with Gasteiger partial charge in [0.05, 0.1) is 21.6 Å². The highest BCUT2D eigenvalue weighted by Gasteiger charge is 2.25. The van der Waals surface area contributed by atoms with Crippen LogP contribution in [0.5, 0.6) is 11.5 Å². The minimum atomic E-state index is -0.569. The molecule has 0 saturated heterocycles. The van der Waals surface area contributed by atoms with Crippen LogP contribution < -0.4 is 9.47 Å². The van der Waals surface area contributed by atoms with E-state index in [2.05, 4.69) is 36.9 Å². The van der Waals surface area contributed by atoms with Crippen molar-refractivity contribution >= 4 is 73.0 Å². The number of esters is 1. The van der Waals surface area contributed by atoms with Crippen molar-refractivity contribution in [2.75, 3.05) is 7.11 Å². The van der Waals surface area contributed by atoms with Gasteiger partial charge in [-0.1, -0.05) is 57.3 Å². The largest absolute Gasteiger partial charge is 0.493 e. The third kappa shape index (κ3) is 5.44. The number of carbonyl (C=O) groups is 1. The minimum absolute atomic E-state index is 0.145. The van der Waals surface area contributed by atoms with E-state index >= 15 is 0 Å². The van der Waals surface area contributed by atoms with Crippen molar-refractivity contribution in [3.63, 3.8) is 0 Å². The molecule has 0 aromatic heterocycles. The van der Waals surface area contributed by atoms with E-state index in [1.165, 1.54) is 0 Å². The maximum atomic E-state index is 12.4. The predicted molar refractivity (Wildman–Crippen MR) is 136 cm³/mol. The molecule has 0 fully saturated rings. The van der Waals surface area contributed by atoms with Gasteiger partial charge in [-0.15, -0.1) is 0 Å². The highest BCUT2D eigenvalue weighted by molar-refractivity contribution is 9.10. The van der Waals surface area contributed by atoms with Crippen molar-refractivity contribution in [1.29, 1.82) is 0 Å². The molecule has 0 bridgehead atoms. The van der Waals surface area contributed by atoms with Gasteiger partial charge in [0.25, 0.3) is 0 Å². The van der Waals surface area contributed by atoms with Gasteiger partial charge < -0.3 is 14.2 Å². The number of ether oxygens (including phenoxy) is 3. The standard InChI is InChI=1S/C24H15Br2Cl2NO4/c1-31-21-10-13(8-17(26)22(21)32-12-15-4-2-3-5-16(15)25)9-20-24(30)33-23(29-20)14-6-7-18(27)19(28)11-14/h2-11H,12H2,1H3/b20-9-. The average molecular weight is 612 g/mol. The number of hydrogen-bond donors (Lipinski definition) is 0. The Hall–Kier alpha value is -2.32. The number of nitrogens with zero attached hydrogens (tertiary/aromatic N) is 1. The number of aliphatic imine (C=N–C) groups is 1. The lowest BCUT2D eigenvalue weighted by molar-refractivity contribution is -0.129. The van der Waals surface area contributed by atoms with Gasteiger partial charge in [0, 0.05) is 15.6 Å². The molecule has 0 atom stereocenters. The maximum absolute atomic E-state index is 12.4. The Morgan fingerprint density at radius 3 is 2.55 bits per heavy atom. The number of rotatable bonds is 6. The molecule has 0 radical (unpaired) electrons. The van der Waals surface area contributed by atoms with Gasteiger partial charge in [0.15, 0.2) is 17.2 Å². The van der Waals surface area contributed by atoms with Crippen molar-refractivity contribution in [3.05, 3.63) is 96.0 Å². The highest BCUT2D eigenvalue weighted by Crippen LogP contribution is 2.38. The molecule has 1 aliphatic rings. The van der Waals surface area contributed by atoms with Gasteiger partial charge >= 0.3 is 5.97 Å². The lowest BCUT2D eigenvalue weighted by Crippen LogP contribution is -2.05. The summed E-state index contributed by atoms with van der Waals surface area (Å²) in [6.45, 7) is 0.348. The van der Waals surface area contributed by atoms with Crippen LogP contribution in [-0.2, 0) is 16.1 Å². The van der Waals surface area contributed by atoms with Crippen LogP contribution >= 0.6 is 55.1 Å². The zero-order valence-electron chi connectivity index (χ0n) is 17.1. The summed E-state index contributed by atoms with van der Waals surface area (Å²) in [5.74, 6) is 0.636. The summed E-state index contributed by atoms with van der Waals surface area (Å²) in [6.07, 6.45) is 1.61. The first-order chi connectivity index (χ1) is 15.9. The summed E-state index contributed by atoms with van der Waals surface area (Å²) in [4.78, 5) is 16.7. The van der Waals surface area contributed by atoms with E-state index in [4.69, 9.17) is 37.4 Å². The van der Waals surface area contributed by atoms with Crippen molar-refractivity contribution in [1.82, 2.24) is 0 Å². The minimum Gasteiger partial charge on any atom is -0.493 e. The van der Waals surface area contributed by atoms with Crippen LogP contribution in [-0.4, -0.2) is 19.0 Å². The fourth-order valence-electron chi connectivity index (χ4n) is 3.05. The van der Waals surface area contributed by atoms with Crippen molar-refractivity contribution in [3.8, 4) is 11.5 Å². The summed E-state index contributed by atoms with van der Waals surface area (Å²) in [7, 11) is 1.55. The fourth-order valence-corrected chi connectivity index (χ4v) is 4.32. The van der Waals surface area contributed by atoms with Gasteiger partial charge in [-0.3, -0.25) is 0 Å². The summed E-state index contributed by atoms with van der Waals surface area (Å²) >= 11 is 19.1. The zero-order valence-corrected chi connectivity index (χ0v) is 21.8. The molecule has 0 spiro atoms. The van der Waals surface area contributed by atoms with Crippen molar-refractivity contribution < 1.29 is 19.0 Å². The molecule has 1 aliphatic heterocycles. The molecule has 168 valence electrons. The van der Waals surface area contributed by atoms with Crippen molar-refractivity contribution in [2.45, 2.75) is 6.61 Å². The highest BCUT2D eigenvalue weighted by atomic mass is 79.9. The molecular formula is C24H15Br2Cl2NO4. The normalized spacial score (nSPS) is 14.3. The zero-order chi connectivity index (χ0) is 23.5. The summed E-state index contributed by atoms with van der Waals surface area (Å²) < 4.78 is 18.4. The second-order valence-corrected chi connectivity index (χ2v) is 9.40. The molecule has 3 aromatic rings. The first kappa shape index (κ1) is 23.8. The molecule has 33 heavy (non-hydrogen) atoms. The van der Waals surface area contributed by atoms with Crippen LogP contribution in [0.3, 0.4) is 0 Å². The van der Waals surface area contributed by atoms with Gasteiger partial charge in [-0.05, 0) is 64.0 Å². The number of halogens is 4. The summed E-state index contributed by atoms with van der Waals surface area (Å²) in [5.41, 5.74) is 2.37. The molecule has 4 rings (SSSR count). The number of benzene rings is 3. The van der Waals surface area contributed by atoms with Crippen molar-refractivity contribution in [2.24, 2.45) is 4.99 Å². The predicted octanol–water partition coefficient (Wildman–Crippen LogP) is 7.45. The van der Waals surface area contributed by atoms with E-state index in [1.54, 1.807) is 37.5 Å². The SMILES string of the molecule is COc1cc(/C=C2\N=C(c3ccc(Cl)c(Cl)c3)OC2=O)cc(Br)c1OCc1ccccc1Br. The Kier molecular flexibility index (Phi) is 7.44. The topological polar surface area (TPSA) is 57.1 Å². The average Bonchev–Trinajstić information content (AvgIpc) is 3.15. The molecule has 3 aromatic carbocycles. The summed E-state index contributed by atoms with van der Waals surface area (Å²) in [6, 6.07) is 16.3. The molecule has 0 saturated carbocycles. The van der Waals surface area contributed by atoms with Gasteiger partial charge in [0.2, 0.25) is 5.90 Å². The van der Waals surface area contributed by atoms with E-state index in [1.807, 2.05) is 30.3 Å². The van der Waals surface area contributed by atoms with E-state index in [0.29, 0.717) is 43.8 Å². The number of methoxy groups -OCH3 is 1. The summed E-state index contributed by atoms with van der Waals surface area (Å²) in [5, 5.41) is 0.747. The molecule has 0 aliphatic carbocycles. The molecule has 9 heteroatoms. The molecular weight excluding hydrogens is 597 g/mol. The Bertz CT molecular complexity index is 1310. The lowest BCUT2D eigenvalue weighted by atomic mass is 10.1.